The van der Waals surface area contributed by atoms with E-state index in [9.17, 15) is 18.7 Å². The minimum absolute atomic E-state index is 0.201. The number of aliphatic hydroxyl groups excluding tert-OH is 1. The van der Waals surface area contributed by atoms with Crippen molar-refractivity contribution in [3.63, 3.8) is 0 Å². The van der Waals surface area contributed by atoms with Gasteiger partial charge in [-0.15, -0.1) is 0 Å². The molecule has 41 heavy (non-hydrogen) atoms. The van der Waals surface area contributed by atoms with Crippen molar-refractivity contribution >= 4 is 6.09 Å². The Labute approximate surface area is 242 Å². The summed E-state index contributed by atoms with van der Waals surface area (Å²) in [6, 6.07) is 18.6. The van der Waals surface area contributed by atoms with Gasteiger partial charge in [-0.3, -0.25) is 4.90 Å². The molecular weight excluding hydrogens is 522 g/mol. The predicted molar refractivity (Wildman–Crippen MR) is 157 cm³/mol. The van der Waals surface area contributed by atoms with E-state index in [0.717, 1.165) is 34.7 Å². The van der Waals surface area contributed by atoms with Gasteiger partial charge in [-0.2, -0.15) is 0 Å². The smallest absolute Gasteiger partial charge is 0.410 e. The number of hydrogen-bond acceptors (Lipinski definition) is 4. The third-order valence-electron chi connectivity index (χ3n) is 7.82. The molecule has 0 aromatic heterocycles. The zero-order valence-corrected chi connectivity index (χ0v) is 24.7. The minimum atomic E-state index is -0.996. The fourth-order valence-corrected chi connectivity index (χ4v) is 5.69. The molecule has 7 heteroatoms. The molecule has 0 radical (unpaired) electrons. The summed E-state index contributed by atoms with van der Waals surface area (Å²) in [7, 11) is 0. The Balaban J connectivity index is 1.76. The molecule has 3 aromatic rings. The highest BCUT2D eigenvalue weighted by molar-refractivity contribution is 5.69. The molecular formula is C34H42F2N2O3. The number of ether oxygens (including phenoxy) is 1. The maximum atomic E-state index is 14.3. The second-order valence-electron chi connectivity index (χ2n) is 12.2. The maximum absolute atomic E-state index is 14.3. The topological polar surface area (TPSA) is 53.0 Å². The van der Waals surface area contributed by atoms with Crippen LogP contribution in [-0.4, -0.2) is 51.3 Å². The third kappa shape index (κ3) is 8.14. The van der Waals surface area contributed by atoms with E-state index in [0.29, 0.717) is 31.6 Å². The zero-order chi connectivity index (χ0) is 29.7. The van der Waals surface area contributed by atoms with Crippen LogP contribution in [-0.2, 0) is 24.2 Å². The van der Waals surface area contributed by atoms with Crippen molar-refractivity contribution in [2.24, 2.45) is 0 Å². The second-order valence-corrected chi connectivity index (χ2v) is 12.2. The van der Waals surface area contributed by atoms with Gasteiger partial charge in [-0.05, 0) is 93.8 Å². The van der Waals surface area contributed by atoms with Crippen LogP contribution >= 0.6 is 0 Å². The number of rotatable bonds is 9. The van der Waals surface area contributed by atoms with E-state index < -0.39 is 41.5 Å². The summed E-state index contributed by atoms with van der Waals surface area (Å²) in [6.45, 7) is 11.1. The Kier molecular flexibility index (Phi) is 9.82. The van der Waals surface area contributed by atoms with Gasteiger partial charge < -0.3 is 14.7 Å². The molecule has 1 aliphatic rings. The van der Waals surface area contributed by atoms with Gasteiger partial charge >= 0.3 is 6.09 Å². The van der Waals surface area contributed by atoms with Gasteiger partial charge in [0.05, 0.1) is 12.1 Å². The predicted octanol–water partition coefficient (Wildman–Crippen LogP) is 6.96. The summed E-state index contributed by atoms with van der Waals surface area (Å²) in [5, 5.41) is 12.1. The molecule has 0 spiro atoms. The molecule has 220 valence electrons. The summed E-state index contributed by atoms with van der Waals surface area (Å²) in [5.74, 6) is -1.32. The van der Waals surface area contributed by atoms with Crippen LogP contribution in [0.15, 0.2) is 66.7 Å². The van der Waals surface area contributed by atoms with Crippen LogP contribution in [0.3, 0.4) is 0 Å². The number of amides is 1. The number of carbonyl (C=O) groups is 1. The number of benzene rings is 3. The molecule has 1 saturated heterocycles. The van der Waals surface area contributed by atoms with Crippen LogP contribution in [0.1, 0.15) is 61.4 Å². The highest BCUT2D eigenvalue weighted by Gasteiger charge is 2.41. The molecule has 1 heterocycles. The van der Waals surface area contributed by atoms with Crippen LogP contribution in [0.5, 0.6) is 0 Å². The Morgan fingerprint density at radius 2 is 1.51 bits per heavy atom. The van der Waals surface area contributed by atoms with E-state index in [1.807, 2.05) is 45.0 Å². The third-order valence-corrected chi connectivity index (χ3v) is 7.82. The number of carbonyl (C=O) groups excluding carboxylic acids is 1. The number of hydrogen-bond donors (Lipinski definition) is 1. The summed E-state index contributed by atoms with van der Waals surface area (Å²) >= 11 is 0. The molecule has 1 N–H and O–H groups in total. The van der Waals surface area contributed by atoms with Gasteiger partial charge in [0.15, 0.2) is 0 Å². The summed E-state index contributed by atoms with van der Waals surface area (Å²) in [5.41, 5.74) is 4.20. The molecule has 1 aliphatic heterocycles. The molecule has 0 saturated carbocycles. The van der Waals surface area contributed by atoms with E-state index in [1.54, 1.807) is 4.90 Å². The minimum Gasteiger partial charge on any atom is -0.444 e. The quantitative estimate of drug-likeness (QED) is 0.305. The highest BCUT2D eigenvalue weighted by atomic mass is 19.1. The van der Waals surface area contributed by atoms with E-state index in [4.69, 9.17) is 4.74 Å². The highest BCUT2D eigenvalue weighted by Crippen LogP contribution is 2.30. The van der Waals surface area contributed by atoms with Crippen molar-refractivity contribution in [3.8, 4) is 0 Å². The number of likely N-dealkylation sites (tertiary alicyclic amines) is 1. The van der Waals surface area contributed by atoms with Crippen LogP contribution in [0, 0.1) is 25.5 Å². The summed E-state index contributed by atoms with van der Waals surface area (Å²) in [6.07, 6.45) is 0.0875. The number of aryl methyl sites for hydroxylation is 2. The Hall–Kier alpha value is -3.29. The lowest BCUT2D eigenvalue weighted by Crippen LogP contribution is -2.54. The largest absolute Gasteiger partial charge is 0.444 e. The second kappa shape index (κ2) is 13.1. The van der Waals surface area contributed by atoms with Crippen molar-refractivity contribution in [2.75, 3.05) is 6.54 Å². The maximum Gasteiger partial charge on any atom is 0.410 e. The van der Waals surface area contributed by atoms with E-state index >= 15 is 0 Å². The lowest BCUT2D eigenvalue weighted by atomic mass is 9.92. The standard InChI is InChI=1S/C34H42F2N2O3/c1-23-11-6-8-13-26(23)21-37(22-27-14-9-7-12-24(27)2)31(19-25-17-28(35)20-29(36)18-25)32(39)30-15-10-16-38(30)33(40)41-34(3,4)5/h6-9,11-14,17-18,20,30-32,39H,10,15-16,19,21-22H2,1-5H3/t30-,31+,32-/m1/s1. The molecule has 5 nitrogen and oxygen atoms in total. The van der Waals surface area contributed by atoms with Crippen molar-refractivity contribution in [1.82, 2.24) is 9.80 Å². The lowest BCUT2D eigenvalue weighted by Gasteiger charge is -2.40. The van der Waals surface area contributed by atoms with Gasteiger partial charge in [0.1, 0.15) is 17.2 Å². The van der Waals surface area contributed by atoms with Crippen molar-refractivity contribution in [1.29, 1.82) is 0 Å². The molecule has 0 aliphatic carbocycles. The van der Waals surface area contributed by atoms with Crippen LogP contribution in [0.4, 0.5) is 13.6 Å². The Morgan fingerprint density at radius 1 is 0.976 bits per heavy atom. The normalized spacial score (nSPS) is 17.1. The molecule has 3 atom stereocenters. The van der Waals surface area contributed by atoms with Crippen molar-refractivity contribution in [2.45, 2.75) is 90.8 Å². The average molecular weight is 565 g/mol. The SMILES string of the molecule is Cc1ccccc1CN(Cc1ccccc1C)[C@@H](Cc1cc(F)cc(F)c1)[C@H](O)[C@H]1CCCN1C(=O)OC(C)(C)C. The van der Waals surface area contributed by atoms with Gasteiger partial charge in [0.25, 0.3) is 0 Å². The molecule has 1 amide bonds. The fourth-order valence-electron chi connectivity index (χ4n) is 5.69. The van der Waals surface area contributed by atoms with Crippen LogP contribution in [0.2, 0.25) is 0 Å². The van der Waals surface area contributed by atoms with Gasteiger partial charge in [0.2, 0.25) is 0 Å². The van der Waals surface area contributed by atoms with Gasteiger partial charge in [0, 0.05) is 31.7 Å². The molecule has 4 rings (SSSR count). The van der Waals surface area contributed by atoms with E-state index in [1.165, 1.54) is 12.1 Å². The first kappa shape index (κ1) is 30.7. The van der Waals surface area contributed by atoms with Crippen molar-refractivity contribution < 1.29 is 23.4 Å². The first-order valence-electron chi connectivity index (χ1n) is 14.4. The number of halogens is 2. The fraction of sp³-hybridized carbons (Fsp3) is 0.441. The van der Waals surface area contributed by atoms with Gasteiger partial charge in [-0.25, -0.2) is 13.6 Å². The monoisotopic (exact) mass is 564 g/mol. The number of nitrogens with zero attached hydrogens (tertiary/aromatic N) is 2. The molecule has 1 fully saturated rings. The first-order chi connectivity index (χ1) is 19.4. The zero-order valence-electron chi connectivity index (χ0n) is 24.7. The van der Waals surface area contributed by atoms with Gasteiger partial charge in [-0.1, -0.05) is 48.5 Å². The molecule has 0 bridgehead atoms. The molecule has 3 aromatic carbocycles. The average Bonchev–Trinajstić information content (AvgIpc) is 3.38. The van der Waals surface area contributed by atoms with Crippen LogP contribution < -0.4 is 0 Å². The Morgan fingerprint density at radius 3 is 2.02 bits per heavy atom. The van der Waals surface area contributed by atoms with E-state index in [-0.39, 0.29) is 6.42 Å². The summed E-state index contributed by atoms with van der Waals surface area (Å²) in [4.78, 5) is 17.0. The van der Waals surface area contributed by atoms with E-state index in [2.05, 4.69) is 43.0 Å². The first-order valence-corrected chi connectivity index (χ1v) is 14.4. The number of aliphatic hydroxyl groups is 1. The molecule has 0 unspecified atom stereocenters. The van der Waals surface area contributed by atoms with Crippen molar-refractivity contribution in [3.05, 3.63) is 106 Å². The summed E-state index contributed by atoms with van der Waals surface area (Å²) < 4.78 is 34.3. The van der Waals surface area contributed by atoms with Crippen LogP contribution in [0.25, 0.3) is 0 Å². The Bertz CT molecular complexity index is 1270. The lowest BCUT2D eigenvalue weighted by molar-refractivity contribution is -0.0250.